The monoisotopic (exact) mass is 339 g/mol. The second-order valence-electron chi connectivity index (χ2n) is 6.50. The summed E-state index contributed by atoms with van der Waals surface area (Å²) < 4.78 is 16.0. The molecule has 0 amide bonds. The van der Waals surface area contributed by atoms with Crippen molar-refractivity contribution in [2.75, 3.05) is 13.9 Å². The molecule has 130 valence electrons. The first-order valence-corrected chi connectivity index (χ1v) is 8.10. The van der Waals surface area contributed by atoms with Crippen LogP contribution in [0.4, 0.5) is 0 Å². The molecule has 0 aromatic heterocycles. The largest absolute Gasteiger partial charge is 0.496 e. The maximum atomic E-state index is 12.4. The van der Waals surface area contributed by atoms with Crippen LogP contribution in [-0.4, -0.2) is 31.4 Å². The lowest BCUT2D eigenvalue weighted by molar-refractivity contribution is 0.106. The number of benzene rings is 2. The van der Waals surface area contributed by atoms with Crippen molar-refractivity contribution in [2.45, 2.75) is 25.8 Å². The molecule has 2 aromatic rings. The molecule has 0 atom stereocenters. The molecule has 0 aliphatic carbocycles. The van der Waals surface area contributed by atoms with Gasteiger partial charge in [-0.1, -0.05) is 18.2 Å². The van der Waals surface area contributed by atoms with Gasteiger partial charge in [0.2, 0.25) is 12.6 Å². The number of Topliss-reactive ketones (excluding diaryl/α,β-unsaturated/α-hetero) is 1. The van der Waals surface area contributed by atoms with E-state index in [1.165, 1.54) is 6.21 Å². The molecule has 0 spiro atoms. The molecule has 0 bridgehead atoms. The highest BCUT2D eigenvalue weighted by molar-refractivity contribution is 6.36. The highest BCUT2D eigenvalue weighted by Crippen LogP contribution is 2.33. The zero-order chi connectivity index (χ0) is 17.9. The Bertz CT molecular complexity index is 811. The first-order valence-electron chi connectivity index (χ1n) is 8.10. The van der Waals surface area contributed by atoms with E-state index in [1.54, 1.807) is 25.3 Å². The van der Waals surface area contributed by atoms with Gasteiger partial charge in [-0.05, 0) is 50.1 Å². The van der Waals surface area contributed by atoms with E-state index in [9.17, 15) is 4.79 Å². The van der Waals surface area contributed by atoms with Crippen LogP contribution in [0.1, 0.15) is 29.8 Å². The van der Waals surface area contributed by atoms with Crippen LogP contribution in [0, 0.1) is 0 Å². The van der Waals surface area contributed by atoms with Crippen LogP contribution in [0.3, 0.4) is 0 Å². The molecule has 0 radical (unpaired) electrons. The van der Waals surface area contributed by atoms with Crippen LogP contribution in [0.2, 0.25) is 0 Å². The number of para-hydroxylation sites is 1. The Morgan fingerprint density at radius 2 is 1.96 bits per heavy atom. The van der Waals surface area contributed by atoms with E-state index in [4.69, 9.17) is 14.2 Å². The first kappa shape index (κ1) is 17.0. The Kier molecular flexibility index (Phi) is 4.74. The fraction of sp³-hybridized carbons (Fsp3) is 0.300. The van der Waals surface area contributed by atoms with Gasteiger partial charge >= 0.3 is 0 Å². The number of hydrogen-bond acceptors (Lipinski definition) is 5. The summed E-state index contributed by atoms with van der Waals surface area (Å²) in [6.07, 6.45) is 2.06. The van der Waals surface area contributed by atoms with Crippen LogP contribution in [0.15, 0.2) is 47.5 Å². The minimum absolute atomic E-state index is 0.170. The Morgan fingerprint density at radius 1 is 1.20 bits per heavy atom. The minimum atomic E-state index is -0.425. The molecule has 1 heterocycles. The van der Waals surface area contributed by atoms with Crippen molar-refractivity contribution in [2.24, 2.45) is 4.99 Å². The van der Waals surface area contributed by atoms with Gasteiger partial charge in [-0.15, -0.1) is 0 Å². The summed E-state index contributed by atoms with van der Waals surface area (Å²) in [4.78, 5) is 16.9. The lowest BCUT2D eigenvalue weighted by Crippen LogP contribution is -2.21. The summed E-state index contributed by atoms with van der Waals surface area (Å²) >= 11 is 0. The number of fused-ring (bicyclic) bond motifs is 1. The molecule has 5 heteroatoms. The highest BCUT2D eigenvalue weighted by atomic mass is 16.7. The summed E-state index contributed by atoms with van der Waals surface area (Å²) in [6.45, 7) is 4.24. The third-order valence-corrected chi connectivity index (χ3v) is 3.98. The Labute approximate surface area is 147 Å². The van der Waals surface area contributed by atoms with E-state index in [2.05, 4.69) is 4.99 Å². The molecule has 0 unspecified atom stereocenters. The average molecular weight is 339 g/mol. The van der Waals surface area contributed by atoms with E-state index in [0.717, 1.165) is 17.1 Å². The van der Waals surface area contributed by atoms with Gasteiger partial charge in [0.15, 0.2) is 11.5 Å². The maximum Gasteiger partial charge on any atom is 0.231 e. The van der Waals surface area contributed by atoms with E-state index in [-0.39, 0.29) is 12.6 Å². The quantitative estimate of drug-likeness (QED) is 0.595. The molecule has 0 saturated carbocycles. The van der Waals surface area contributed by atoms with Gasteiger partial charge in [0, 0.05) is 0 Å². The second-order valence-corrected chi connectivity index (χ2v) is 6.50. The van der Waals surface area contributed by atoms with Gasteiger partial charge in [-0.3, -0.25) is 9.79 Å². The average Bonchev–Trinajstić information content (AvgIpc) is 3.07. The summed E-state index contributed by atoms with van der Waals surface area (Å²) in [6, 6.07) is 13.0. The van der Waals surface area contributed by atoms with Crippen molar-refractivity contribution in [3.63, 3.8) is 0 Å². The number of aliphatic imine (C=N–C) groups is 1. The number of carbonyl (C=O) groups is 1. The fourth-order valence-corrected chi connectivity index (χ4v) is 2.75. The smallest absolute Gasteiger partial charge is 0.231 e. The van der Waals surface area contributed by atoms with Gasteiger partial charge in [-0.25, -0.2) is 0 Å². The maximum absolute atomic E-state index is 12.4. The number of methoxy groups -OCH3 is 1. The number of ether oxygens (including phenoxy) is 3. The van der Waals surface area contributed by atoms with Crippen LogP contribution in [-0.2, 0) is 6.42 Å². The zero-order valence-corrected chi connectivity index (χ0v) is 14.6. The molecule has 5 nitrogen and oxygen atoms in total. The molecule has 1 aliphatic rings. The van der Waals surface area contributed by atoms with Crippen molar-refractivity contribution in [1.82, 2.24) is 0 Å². The lowest BCUT2D eigenvalue weighted by Gasteiger charge is -2.19. The number of ketones is 1. The van der Waals surface area contributed by atoms with Crippen LogP contribution in [0.5, 0.6) is 17.2 Å². The van der Waals surface area contributed by atoms with E-state index in [1.807, 2.05) is 38.1 Å². The molecular weight excluding hydrogens is 318 g/mol. The van der Waals surface area contributed by atoms with Crippen molar-refractivity contribution in [1.29, 1.82) is 0 Å². The summed E-state index contributed by atoms with van der Waals surface area (Å²) in [5, 5.41) is 0. The van der Waals surface area contributed by atoms with Crippen LogP contribution < -0.4 is 14.2 Å². The third kappa shape index (κ3) is 3.99. The van der Waals surface area contributed by atoms with Crippen molar-refractivity contribution >= 4 is 12.0 Å². The van der Waals surface area contributed by atoms with E-state index < -0.39 is 5.54 Å². The first-order chi connectivity index (χ1) is 12.0. The Balaban J connectivity index is 1.72. The predicted octanol–water partition coefficient (Wildman–Crippen LogP) is 3.70. The standard InChI is InChI=1S/C20H21NO4/c1-20(2,11-14-8-9-18-19(10-14)25-13-24-18)21-12-16(22)15-6-4-5-7-17(15)23-3/h4-10,12H,11,13H2,1-3H3/b21-12+. The van der Waals surface area contributed by atoms with Gasteiger partial charge in [0.25, 0.3) is 0 Å². The Morgan fingerprint density at radius 3 is 2.76 bits per heavy atom. The predicted molar refractivity (Wildman–Crippen MR) is 96.2 cm³/mol. The summed E-state index contributed by atoms with van der Waals surface area (Å²) in [5.41, 5.74) is 1.16. The minimum Gasteiger partial charge on any atom is -0.496 e. The molecular formula is C20H21NO4. The second kappa shape index (κ2) is 6.97. The molecule has 0 fully saturated rings. The molecule has 0 N–H and O–H groups in total. The van der Waals surface area contributed by atoms with Crippen molar-refractivity contribution < 1.29 is 19.0 Å². The molecule has 1 aliphatic heterocycles. The number of rotatable bonds is 6. The van der Waals surface area contributed by atoms with Gasteiger partial charge < -0.3 is 14.2 Å². The van der Waals surface area contributed by atoms with Gasteiger partial charge in [-0.2, -0.15) is 0 Å². The summed E-state index contributed by atoms with van der Waals surface area (Å²) in [7, 11) is 1.55. The molecule has 3 rings (SSSR count). The SMILES string of the molecule is COc1ccccc1C(=O)/C=N/C(C)(C)Cc1ccc2c(c1)OCO2. The number of carbonyl (C=O) groups excluding carboxylic acids is 1. The van der Waals surface area contributed by atoms with E-state index >= 15 is 0 Å². The third-order valence-electron chi connectivity index (χ3n) is 3.98. The topological polar surface area (TPSA) is 57.1 Å². The van der Waals surface area contributed by atoms with Crippen LogP contribution >= 0.6 is 0 Å². The van der Waals surface area contributed by atoms with Gasteiger partial charge in [0.1, 0.15) is 5.75 Å². The molecule has 2 aromatic carbocycles. The Hall–Kier alpha value is -2.82. The normalized spacial score (nSPS) is 13.2. The molecule has 0 saturated heterocycles. The number of nitrogens with zero attached hydrogens (tertiary/aromatic N) is 1. The van der Waals surface area contributed by atoms with Crippen molar-refractivity contribution in [3.05, 3.63) is 53.6 Å². The molecule has 25 heavy (non-hydrogen) atoms. The number of hydrogen-bond donors (Lipinski definition) is 0. The highest BCUT2D eigenvalue weighted by Gasteiger charge is 2.20. The van der Waals surface area contributed by atoms with E-state index in [0.29, 0.717) is 17.7 Å². The zero-order valence-electron chi connectivity index (χ0n) is 14.6. The van der Waals surface area contributed by atoms with Crippen molar-refractivity contribution in [3.8, 4) is 17.2 Å². The van der Waals surface area contributed by atoms with Crippen LogP contribution in [0.25, 0.3) is 0 Å². The van der Waals surface area contributed by atoms with Gasteiger partial charge in [0.05, 0.1) is 24.4 Å². The lowest BCUT2D eigenvalue weighted by atomic mass is 9.95. The summed E-state index contributed by atoms with van der Waals surface area (Å²) in [5.74, 6) is 1.89. The fourth-order valence-electron chi connectivity index (χ4n) is 2.75.